The predicted molar refractivity (Wildman–Crippen MR) is 87.4 cm³/mol. The molecule has 0 atom stereocenters. The quantitative estimate of drug-likeness (QED) is 0.677. The van der Waals surface area contributed by atoms with E-state index in [-0.39, 0.29) is 17.8 Å². The zero-order valence-electron chi connectivity index (χ0n) is 12.1. The molecule has 0 saturated carbocycles. The highest BCUT2D eigenvalue weighted by atomic mass is 127. The van der Waals surface area contributed by atoms with Crippen LogP contribution in [0, 0.1) is 3.57 Å². The van der Waals surface area contributed by atoms with E-state index in [1.807, 2.05) is 36.4 Å². The molecule has 0 aliphatic heterocycles. The minimum absolute atomic E-state index is 0.151. The van der Waals surface area contributed by atoms with Crippen LogP contribution in [0.4, 0.5) is 0 Å². The molecule has 21 heavy (non-hydrogen) atoms. The molecule has 0 radical (unpaired) electrons. The fourth-order valence-electron chi connectivity index (χ4n) is 2.11. The van der Waals surface area contributed by atoms with Crippen molar-refractivity contribution in [2.75, 3.05) is 0 Å². The normalized spacial score (nSPS) is 11.0. The van der Waals surface area contributed by atoms with Crippen LogP contribution in [0.2, 0.25) is 0 Å². The minimum Gasteiger partial charge on any atom is -0.299 e. The molecule has 2 aromatic rings. The van der Waals surface area contributed by atoms with Crippen LogP contribution in [-0.2, 0) is 19.6 Å². The van der Waals surface area contributed by atoms with Crippen LogP contribution >= 0.6 is 22.6 Å². The monoisotopic (exact) mass is 403 g/mol. The summed E-state index contributed by atoms with van der Waals surface area (Å²) in [6, 6.07) is 0. The molecule has 2 heterocycles. The van der Waals surface area contributed by atoms with E-state index >= 15 is 0 Å². The molecule has 0 fully saturated rings. The zero-order chi connectivity index (χ0) is 15.4. The highest BCUT2D eigenvalue weighted by Gasteiger charge is 2.13. The maximum Gasteiger partial charge on any atom is 0.331 e. The van der Waals surface area contributed by atoms with Crippen LogP contribution < -0.4 is 11.2 Å². The van der Waals surface area contributed by atoms with E-state index in [9.17, 15) is 9.59 Å². The van der Waals surface area contributed by atoms with Crippen molar-refractivity contribution >= 4 is 22.6 Å². The summed E-state index contributed by atoms with van der Waals surface area (Å²) in [5.41, 5.74) is -0.577. The summed E-state index contributed by atoms with van der Waals surface area (Å²) in [5.74, 6) is 0.626. The van der Waals surface area contributed by atoms with Gasteiger partial charge in [-0.3, -0.25) is 13.9 Å². The second kappa shape index (κ2) is 7.01. The highest BCUT2D eigenvalue weighted by molar-refractivity contribution is 14.1. The van der Waals surface area contributed by atoms with Gasteiger partial charge in [-0.1, -0.05) is 13.8 Å². The van der Waals surface area contributed by atoms with Gasteiger partial charge in [0, 0.05) is 19.3 Å². The Kier molecular flexibility index (Phi) is 5.32. The molecule has 0 aliphatic rings. The second-order valence-corrected chi connectivity index (χ2v) is 5.91. The van der Waals surface area contributed by atoms with Gasteiger partial charge >= 0.3 is 5.69 Å². The minimum atomic E-state index is -0.298. The van der Waals surface area contributed by atoms with Crippen LogP contribution in [0.15, 0.2) is 22.1 Å². The van der Waals surface area contributed by atoms with E-state index < -0.39 is 0 Å². The number of nitrogens with zero attached hydrogens (tertiary/aromatic N) is 5. The first kappa shape index (κ1) is 15.9. The number of hydrogen-bond acceptors (Lipinski definition) is 4. The summed E-state index contributed by atoms with van der Waals surface area (Å²) in [6.45, 7) is 5.50. The third-order valence-corrected chi connectivity index (χ3v) is 3.83. The summed E-state index contributed by atoms with van der Waals surface area (Å²) in [6.07, 6.45) is 4.81. The van der Waals surface area contributed by atoms with Gasteiger partial charge < -0.3 is 0 Å². The van der Waals surface area contributed by atoms with Crippen molar-refractivity contribution in [2.24, 2.45) is 0 Å². The highest BCUT2D eigenvalue weighted by Crippen LogP contribution is 2.00. The molecule has 7 nitrogen and oxygen atoms in total. The maximum atomic E-state index is 12.4. The number of aryl methyl sites for hydroxylation is 2. The van der Waals surface area contributed by atoms with E-state index in [0.717, 1.165) is 19.4 Å². The lowest BCUT2D eigenvalue weighted by Gasteiger charge is -2.10. The number of aromatic nitrogens is 5. The lowest BCUT2D eigenvalue weighted by atomic mass is 10.4. The molecule has 2 rings (SSSR count). The van der Waals surface area contributed by atoms with Crippen LogP contribution in [-0.4, -0.2) is 23.9 Å². The largest absolute Gasteiger partial charge is 0.331 e. The van der Waals surface area contributed by atoms with E-state index in [1.54, 1.807) is 15.4 Å². The van der Waals surface area contributed by atoms with Gasteiger partial charge in [0.1, 0.15) is 12.2 Å². The summed E-state index contributed by atoms with van der Waals surface area (Å²) >= 11 is 1.96. The average Bonchev–Trinajstić information content (AvgIpc) is 2.89. The van der Waals surface area contributed by atoms with E-state index in [4.69, 9.17) is 0 Å². The fraction of sp³-hybridized carbons (Fsp3) is 0.538. The van der Waals surface area contributed by atoms with Gasteiger partial charge in [0.05, 0.1) is 10.1 Å². The molecule has 0 saturated heterocycles. The summed E-state index contributed by atoms with van der Waals surface area (Å²) in [5, 5.41) is 4.12. The molecule has 114 valence electrons. The van der Waals surface area contributed by atoms with Gasteiger partial charge in [0.25, 0.3) is 5.56 Å². The Morgan fingerprint density at radius 1 is 1.19 bits per heavy atom. The molecule has 0 amide bonds. The Hall–Kier alpha value is -1.45. The molecule has 0 N–H and O–H groups in total. The molecule has 0 aliphatic carbocycles. The van der Waals surface area contributed by atoms with Gasteiger partial charge in [-0.25, -0.2) is 14.5 Å². The fourth-order valence-corrected chi connectivity index (χ4v) is 2.74. The van der Waals surface area contributed by atoms with Crippen molar-refractivity contribution in [1.82, 2.24) is 23.9 Å². The molecule has 0 aromatic carbocycles. The standard InChI is InChI=1S/C13H18IN5O2/c1-3-5-17-7-10(14)12(20)18(13(17)21)8-11-15-9-16-19(11)6-4-2/h7,9H,3-6,8H2,1-2H3. The van der Waals surface area contributed by atoms with Crippen molar-refractivity contribution in [2.45, 2.75) is 46.3 Å². The first-order valence-corrected chi connectivity index (χ1v) is 8.02. The van der Waals surface area contributed by atoms with Crippen molar-refractivity contribution < 1.29 is 0 Å². The zero-order valence-corrected chi connectivity index (χ0v) is 14.3. The summed E-state index contributed by atoms with van der Waals surface area (Å²) in [7, 11) is 0. The number of rotatable bonds is 6. The smallest absolute Gasteiger partial charge is 0.299 e. The predicted octanol–water partition coefficient (Wildman–Crippen LogP) is 1.07. The second-order valence-electron chi connectivity index (χ2n) is 4.74. The average molecular weight is 403 g/mol. The lowest BCUT2D eigenvalue weighted by molar-refractivity contribution is 0.519. The van der Waals surface area contributed by atoms with Crippen molar-refractivity contribution in [1.29, 1.82) is 0 Å². The van der Waals surface area contributed by atoms with Crippen molar-refractivity contribution in [3.8, 4) is 0 Å². The van der Waals surface area contributed by atoms with Gasteiger partial charge in [-0.05, 0) is 35.4 Å². The SMILES string of the molecule is CCCn1ncnc1Cn1c(=O)c(I)cn(CCC)c1=O. The topological polar surface area (TPSA) is 74.7 Å². The Bertz CT molecular complexity index is 731. The van der Waals surface area contributed by atoms with E-state index in [2.05, 4.69) is 10.1 Å². The number of halogens is 1. The van der Waals surface area contributed by atoms with Gasteiger partial charge in [-0.15, -0.1) is 0 Å². The van der Waals surface area contributed by atoms with Gasteiger partial charge in [0.15, 0.2) is 0 Å². The summed E-state index contributed by atoms with van der Waals surface area (Å²) in [4.78, 5) is 28.8. The first-order valence-electron chi connectivity index (χ1n) is 6.94. The maximum absolute atomic E-state index is 12.4. The Labute approximate surface area is 135 Å². The van der Waals surface area contributed by atoms with Crippen LogP contribution in [0.1, 0.15) is 32.5 Å². The molecular weight excluding hydrogens is 385 g/mol. The Morgan fingerprint density at radius 3 is 2.57 bits per heavy atom. The van der Waals surface area contributed by atoms with Gasteiger partial charge in [0.2, 0.25) is 0 Å². The summed E-state index contributed by atoms with van der Waals surface area (Å²) < 4.78 is 5.06. The van der Waals surface area contributed by atoms with Gasteiger partial charge in [-0.2, -0.15) is 5.10 Å². The third kappa shape index (κ3) is 3.42. The van der Waals surface area contributed by atoms with E-state index in [1.165, 1.54) is 10.9 Å². The van der Waals surface area contributed by atoms with Crippen LogP contribution in [0.5, 0.6) is 0 Å². The first-order chi connectivity index (χ1) is 10.1. The van der Waals surface area contributed by atoms with Crippen molar-refractivity contribution in [3.05, 3.63) is 42.8 Å². The molecule has 0 unspecified atom stereocenters. The van der Waals surface area contributed by atoms with E-state index in [0.29, 0.717) is 15.9 Å². The van der Waals surface area contributed by atoms with Crippen molar-refractivity contribution in [3.63, 3.8) is 0 Å². The van der Waals surface area contributed by atoms with Crippen LogP contribution in [0.25, 0.3) is 0 Å². The molecule has 2 aromatic heterocycles. The molecule has 0 spiro atoms. The molecule has 0 bridgehead atoms. The lowest BCUT2D eigenvalue weighted by Crippen LogP contribution is -2.41. The Morgan fingerprint density at radius 2 is 1.90 bits per heavy atom. The Balaban J connectivity index is 2.46. The number of hydrogen-bond donors (Lipinski definition) is 0. The molecule has 8 heteroatoms. The third-order valence-electron chi connectivity index (χ3n) is 3.09. The molecular formula is C13H18IN5O2. The van der Waals surface area contributed by atoms with Crippen LogP contribution in [0.3, 0.4) is 0 Å².